The van der Waals surface area contributed by atoms with Crippen LogP contribution in [-0.2, 0) is 5.60 Å². The Morgan fingerprint density at radius 1 is 1.32 bits per heavy atom. The molecule has 0 atom stereocenters. The molecule has 1 aliphatic carbocycles. The Morgan fingerprint density at radius 2 is 2.05 bits per heavy atom. The molecule has 1 N–H and O–H groups in total. The lowest BCUT2D eigenvalue weighted by Gasteiger charge is -2.38. The second-order valence-corrected chi connectivity index (χ2v) is 5.81. The third-order valence-electron chi connectivity index (χ3n) is 4.33. The van der Waals surface area contributed by atoms with Crippen LogP contribution in [0.2, 0.25) is 0 Å². The third-order valence-corrected chi connectivity index (χ3v) is 4.33. The highest BCUT2D eigenvalue weighted by molar-refractivity contribution is 5.33. The van der Waals surface area contributed by atoms with E-state index in [1.54, 1.807) is 0 Å². The van der Waals surface area contributed by atoms with Gasteiger partial charge in [0.25, 0.3) is 0 Å². The minimum absolute atomic E-state index is 0.409. The second kappa shape index (κ2) is 5.14. The zero-order valence-electron chi connectivity index (χ0n) is 11.6. The molecule has 0 radical (unpaired) electrons. The van der Waals surface area contributed by atoms with Crippen LogP contribution >= 0.6 is 0 Å². The van der Waals surface area contributed by atoms with E-state index in [1.165, 1.54) is 12.8 Å². The number of ether oxygens (including phenoxy) is 1. The molecule has 2 aliphatic rings. The number of rotatable bonds is 4. The van der Waals surface area contributed by atoms with Crippen LogP contribution in [0, 0.1) is 0 Å². The van der Waals surface area contributed by atoms with Crippen LogP contribution in [0.25, 0.3) is 0 Å². The summed E-state index contributed by atoms with van der Waals surface area (Å²) in [4.78, 5) is 2.39. The van der Waals surface area contributed by atoms with Crippen molar-refractivity contribution in [1.29, 1.82) is 0 Å². The quantitative estimate of drug-likeness (QED) is 0.904. The topological polar surface area (TPSA) is 32.7 Å². The fourth-order valence-electron chi connectivity index (χ4n) is 2.77. The summed E-state index contributed by atoms with van der Waals surface area (Å²) in [6.45, 7) is 5.19. The van der Waals surface area contributed by atoms with Gasteiger partial charge in [0, 0.05) is 13.1 Å². The number of likely N-dealkylation sites (tertiary alicyclic amines) is 1. The van der Waals surface area contributed by atoms with Gasteiger partial charge in [0.05, 0.1) is 11.7 Å². The average molecular weight is 261 g/mol. The first-order valence-corrected chi connectivity index (χ1v) is 7.41. The van der Waals surface area contributed by atoms with Gasteiger partial charge in [-0.2, -0.15) is 0 Å². The van der Waals surface area contributed by atoms with Gasteiger partial charge in [0.1, 0.15) is 5.75 Å². The second-order valence-electron chi connectivity index (χ2n) is 5.81. The number of piperidine rings is 1. The van der Waals surface area contributed by atoms with Crippen molar-refractivity contribution < 1.29 is 9.84 Å². The summed E-state index contributed by atoms with van der Waals surface area (Å²) < 4.78 is 5.82. The zero-order chi connectivity index (χ0) is 13.3. The van der Waals surface area contributed by atoms with Crippen molar-refractivity contribution in [3.05, 3.63) is 29.8 Å². The van der Waals surface area contributed by atoms with Gasteiger partial charge >= 0.3 is 0 Å². The molecule has 0 spiro atoms. The highest BCUT2D eigenvalue weighted by Gasteiger charge is 2.34. The maximum absolute atomic E-state index is 10.8. The molecule has 1 aromatic rings. The molecule has 104 valence electrons. The van der Waals surface area contributed by atoms with Gasteiger partial charge in [-0.25, -0.2) is 0 Å². The van der Waals surface area contributed by atoms with E-state index in [2.05, 4.69) is 11.8 Å². The highest BCUT2D eigenvalue weighted by atomic mass is 16.5. The Hall–Kier alpha value is -1.06. The minimum Gasteiger partial charge on any atom is -0.490 e. The average Bonchev–Trinajstić information content (AvgIpc) is 3.24. The number of hydrogen-bond donors (Lipinski definition) is 1. The van der Waals surface area contributed by atoms with Gasteiger partial charge in [-0.15, -0.1) is 0 Å². The van der Waals surface area contributed by atoms with Crippen LogP contribution in [0.15, 0.2) is 24.3 Å². The SMILES string of the molecule is CCN1CCC(O)(c2cccc(OC3CC3)c2)CC1. The van der Waals surface area contributed by atoms with E-state index in [4.69, 9.17) is 4.74 Å². The van der Waals surface area contributed by atoms with Crippen LogP contribution in [0.5, 0.6) is 5.75 Å². The summed E-state index contributed by atoms with van der Waals surface area (Å²) in [7, 11) is 0. The number of benzene rings is 1. The third kappa shape index (κ3) is 2.93. The van der Waals surface area contributed by atoms with Gasteiger partial charge in [-0.05, 0) is 49.9 Å². The van der Waals surface area contributed by atoms with Crippen molar-refractivity contribution in [2.75, 3.05) is 19.6 Å². The van der Waals surface area contributed by atoms with Gasteiger partial charge in [-0.1, -0.05) is 19.1 Å². The molecule has 3 rings (SSSR count). The van der Waals surface area contributed by atoms with Crippen molar-refractivity contribution in [1.82, 2.24) is 4.90 Å². The predicted molar refractivity (Wildman–Crippen MR) is 75.3 cm³/mol. The zero-order valence-corrected chi connectivity index (χ0v) is 11.6. The molecule has 1 aromatic carbocycles. The molecule has 0 unspecified atom stereocenters. The monoisotopic (exact) mass is 261 g/mol. The number of hydrogen-bond acceptors (Lipinski definition) is 3. The summed E-state index contributed by atoms with van der Waals surface area (Å²) in [5, 5.41) is 10.8. The predicted octanol–water partition coefficient (Wildman–Crippen LogP) is 2.53. The minimum atomic E-state index is -0.672. The molecule has 0 aromatic heterocycles. The fourth-order valence-corrected chi connectivity index (χ4v) is 2.77. The Kier molecular flexibility index (Phi) is 3.50. The first kappa shape index (κ1) is 12.9. The van der Waals surface area contributed by atoms with E-state index in [1.807, 2.05) is 24.3 Å². The van der Waals surface area contributed by atoms with Gasteiger partial charge in [0.15, 0.2) is 0 Å². The first-order valence-electron chi connectivity index (χ1n) is 7.41. The van der Waals surface area contributed by atoms with E-state index < -0.39 is 5.60 Å². The Labute approximate surface area is 115 Å². The van der Waals surface area contributed by atoms with Crippen molar-refractivity contribution in [2.45, 2.75) is 44.3 Å². The molecule has 2 fully saturated rings. The molecular weight excluding hydrogens is 238 g/mol. The standard InChI is InChI=1S/C16H23NO2/c1-2-17-10-8-16(18,9-11-17)13-4-3-5-15(12-13)19-14-6-7-14/h3-5,12,14,18H,2,6-11H2,1H3. The molecule has 3 nitrogen and oxygen atoms in total. The van der Waals surface area contributed by atoms with Crippen LogP contribution in [0.1, 0.15) is 38.2 Å². The maximum Gasteiger partial charge on any atom is 0.120 e. The van der Waals surface area contributed by atoms with Crippen molar-refractivity contribution in [2.24, 2.45) is 0 Å². The molecule has 1 aliphatic heterocycles. The lowest BCUT2D eigenvalue weighted by molar-refractivity contribution is -0.0248. The Balaban J connectivity index is 1.73. The van der Waals surface area contributed by atoms with E-state index in [-0.39, 0.29) is 0 Å². The fraction of sp³-hybridized carbons (Fsp3) is 0.625. The molecule has 1 saturated carbocycles. The molecule has 0 bridgehead atoms. The van der Waals surface area contributed by atoms with E-state index in [0.29, 0.717) is 6.10 Å². The largest absolute Gasteiger partial charge is 0.490 e. The summed E-state index contributed by atoms with van der Waals surface area (Å²) in [5.74, 6) is 0.909. The normalized spacial score (nSPS) is 23.3. The molecule has 1 saturated heterocycles. The van der Waals surface area contributed by atoms with Crippen LogP contribution in [0.4, 0.5) is 0 Å². The van der Waals surface area contributed by atoms with Crippen LogP contribution < -0.4 is 4.74 Å². The van der Waals surface area contributed by atoms with Gasteiger partial charge in [0.2, 0.25) is 0 Å². The Bertz CT molecular complexity index is 434. The number of nitrogens with zero attached hydrogens (tertiary/aromatic N) is 1. The van der Waals surface area contributed by atoms with E-state index in [0.717, 1.165) is 43.8 Å². The summed E-state index contributed by atoms with van der Waals surface area (Å²) >= 11 is 0. The molecule has 3 heteroatoms. The summed E-state index contributed by atoms with van der Waals surface area (Å²) in [5.41, 5.74) is 0.343. The lowest BCUT2D eigenvalue weighted by Crippen LogP contribution is -2.42. The molecule has 0 amide bonds. The molecule has 19 heavy (non-hydrogen) atoms. The van der Waals surface area contributed by atoms with Crippen molar-refractivity contribution >= 4 is 0 Å². The summed E-state index contributed by atoms with van der Waals surface area (Å²) in [6.07, 6.45) is 4.37. The van der Waals surface area contributed by atoms with Gasteiger partial charge in [-0.3, -0.25) is 0 Å². The lowest BCUT2D eigenvalue weighted by atomic mass is 9.84. The summed E-state index contributed by atoms with van der Waals surface area (Å²) in [6, 6.07) is 8.05. The molecule has 1 heterocycles. The van der Waals surface area contributed by atoms with E-state index >= 15 is 0 Å². The molecular formula is C16H23NO2. The highest BCUT2D eigenvalue weighted by Crippen LogP contribution is 2.35. The first-order chi connectivity index (χ1) is 9.19. The van der Waals surface area contributed by atoms with Crippen molar-refractivity contribution in [3.8, 4) is 5.75 Å². The van der Waals surface area contributed by atoms with E-state index in [9.17, 15) is 5.11 Å². The smallest absolute Gasteiger partial charge is 0.120 e. The van der Waals surface area contributed by atoms with Gasteiger partial charge < -0.3 is 14.7 Å². The Morgan fingerprint density at radius 3 is 2.68 bits per heavy atom. The maximum atomic E-state index is 10.8. The van der Waals surface area contributed by atoms with Crippen molar-refractivity contribution in [3.63, 3.8) is 0 Å². The number of aliphatic hydroxyl groups is 1. The van der Waals surface area contributed by atoms with Crippen LogP contribution in [-0.4, -0.2) is 35.7 Å². The van der Waals surface area contributed by atoms with Crippen LogP contribution in [0.3, 0.4) is 0 Å².